The fraction of sp³-hybridized carbons (Fsp3) is 0.567. The number of carbonyl (C=O) groups excluding carboxylic acids is 1. The molecule has 4 aliphatic rings. The first-order chi connectivity index (χ1) is 17.9. The van der Waals surface area contributed by atoms with Gasteiger partial charge in [0.2, 0.25) is 5.91 Å². The molecule has 3 N–H and O–H groups in total. The number of aryl methyl sites for hydroxylation is 2. The van der Waals surface area contributed by atoms with Gasteiger partial charge in [-0.2, -0.15) is 0 Å². The standard InChI is InChI=1S/C30H36FN3O3/c1-30-14-13-20-19-6-4-7-23(31)21(19)10-11-22(20)28(30)18(16-26(30)34-37)9-12-27(35)32-25-15-17-5-2-3-8-24(17)33-29(25)36/h4,6-7,15,18,20,22,28,37H,2-3,5,8-14,16H2,1H3,(H,32,35)(H,33,36)/b34-26+/t18-,20?,22?,28?,30-/m1/s1. The molecule has 0 bridgehead atoms. The zero-order valence-electron chi connectivity index (χ0n) is 21.5. The number of nitrogens with zero attached hydrogens (tertiary/aromatic N) is 1. The summed E-state index contributed by atoms with van der Waals surface area (Å²) in [5.74, 6) is 0.934. The third-order valence-corrected chi connectivity index (χ3v) is 10.1. The highest BCUT2D eigenvalue weighted by atomic mass is 19.1. The number of hydrogen-bond acceptors (Lipinski definition) is 4. The minimum Gasteiger partial charge on any atom is -0.411 e. The van der Waals surface area contributed by atoms with E-state index in [-0.39, 0.29) is 34.5 Å². The lowest BCUT2D eigenvalue weighted by molar-refractivity contribution is -0.116. The van der Waals surface area contributed by atoms with Crippen molar-refractivity contribution in [3.05, 3.63) is 62.8 Å². The third-order valence-electron chi connectivity index (χ3n) is 10.1. The van der Waals surface area contributed by atoms with Crippen molar-refractivity contribution in [1.29, 1.82) is 0 Å². The lowest BCUT2D eigenvalue weighted by Gasteiger charge is -2.50. The largest absolute Gasteiger partial charge is 0.411 e. The number of carbonyl (C=O) groups is 1. The molecule has 37 heavy (non-hydrogen) atoms. The molecule has 3 unspecified atom stereocenters. The van der Waals surface area contributed by atoms with E-state index in [1.807, 2.05) is 12.1 Å². The summed E-state index contributed by atoms with van der Waals surface area (Å²) in [6.45, 7) is 2.22. The molecule has 6 rings (SSSR count). The van der Waals surface area contributed by atoms with Gasteiger partial charge >= 0.3 is 0 Å². The molecule has 5 atom stereocenters. The number of halogens is 1. The van der Waals surface area contributed by atoms with Gasteiger partial charge in [-0.05, 0) is 117 Å². The first-order valence-electron chi connectivity index (χ1n) is 13.9. The summed E-state index contributed by atoms with van der Waals surface area (Å²) in [5.41, 5.74) is 4.89. The number of aromatic amines is 1. The van der Waals surface area contributed by atoms with E-state index in [4.69, 9.17) is 0 Å². The summed E-state index contributed by atoms with van der Waals surface area (Å²) in [7, 11) is 0. The van der Waals surface area contributed by atoms with Gasteiger partial charge in [0.1, 0.15) is 11.5 Å². The molecular formula is C30H36FN3O3. The SMILES string of the molecule is C[C@]12CCC3c4cccc(F)c4CCC3C1[C@H](CCC(=O)Nc1cc3c([nH]c1=O)CCCC3)C/C2=N\O. The van der Waals surface area contributed by atoms with E-state index in [1.165, 1.54) is 0 Å². The molecule has 6 nitrogen and oxygen atoms in total. The molecule has 2 fully saturated rings. The number of anilines is 1. The van der Waals surface area contributed by atoms with E-state index in [2.05, 4.69) is 28.4 Å². The van der Waals surface area contributed by atoms with Crippen molar-refractivity contribution in [2.45, 2.75) is 83.5 Å². The van der Waals surface area contributed by atoms with E-state index in [9.17, 15) is 19.2 Å². The number of nitrogens with one attached hydrogen (secondary N) is 2. The Morgan fingerprint density at radius 3 is 2.92 bits per heavy atom. The van der Waals surface area contributed by atoms with Crippen LogP contribution in [0.15, 0.2) is 34.2 Å². The highest BCUT2D eigenvalue weighted by Gasteiger charge is 2.57. The van der Waals surface area contributed by atoms with Crippen LogP contribution in [-0.2, 0) is 24.1 Å². The van der Waals surface area contributed by atoms with Crippen LogP contribution in [0.4, 0.5) is 10.1 Å². The molecule has 0 aliphatic heterocycles. The number of aromatic nitrogens is 1. The molecule has 0 radical (unpaired) electrons. The summed E-state index contributed by atoms with van der Waals surface area (Å²) in [5, 5.41) is 16.5. The second-order valence-electron chi connectivity index (χ2n) is 11.9. The molecule has 1 amide bonds. The van der Waals surface area contributed by atoms with E-state index < -0.39 is 0 Å². The molecule has 0 saturated heterocycles. The summed E-state index contributed by atoms with van der Waals surface area (Å²) in [6, 6.07) is 7.32. The molecular weight excluding hydrogens is 469 g/mol. The topological polar surface area (TPSA) is 94.5 Å². The molecule has 1 aromatic carbocycles. The van der Waals surface area contributed by atoms with E-state index >= 15 is 0 Å². The highest BCUT2D eigenvalue weighted by molar-refractivity contribution is 5.93. The van der Waals surface area contributed by atoms with Crippen molar-refractivity contribution >= 4 is 17.3 Å². The predicted molar refractivity (Wildman–Crippen MR) is 141 cm³/mol. The summed E-state index contributed by atoms with van der Waals surface area (Å²) in [6.07, 6.45) is 9.18. The van der Waals surface area contributed by atoms with Gasteiger partial charge in [0, 0.05) is 17.5 Å². The summed E-state index contributed by atoms with van der Waals surface area (Å²) < 4.78 is 14.6. The Morgan fingerprint density at radius 2 is 2.08 bits per heavy atom. The number of pyridine rings is 1. The van der Waals surface area contributed by atoms with Gasteiger partial charge in [0.15, 0.2) is 0 Å². The minimum atomic E-state index is -0.236. The summed E-state index contributed by atoms with van der Waals surface area (Å²) >= 11 is 0. The van der Waals surface area contributed by atoms with Gasteiger partial charge in [0.05, 0.1) is 5.71 Å². The number of rotatable bonds is 4. The maximum atomic E-state index is 14.6. The normalized spacial score (nSPS) is 31.2. The second-order valence-corrected chi connectivity index (χ2v) is 11.9. The quantitative estimate of drug-likeness (QED) is 0.366. The summed E-state index contributed by atoms with van der Waals surface area (Å²) in [4.78, 5) is 28.5. The highest BCUT2D eigenvalue weighted by Crippen LogP contribution is 2.62. The van der Waals surface area contributed by atoms with E-state index in [0.717, 1.165) is 79.5 Å². The van der Waals surface area contributed by atoms with Crippen molar-refractivity contribution in [3.63, 3.8) is 0 Å². The number of benzene rings is 1. The molecule has 4 aliphatic carbocycles. The van der Waals surface area contributed by atoms with Gasteiger partial charge in [-0.15, -0.1) is 0 Å². The van der Waals surface area contributed by atoms with Crippen molar-refractivity contribution in [2.75, 3.05) is 5.32 Å². The van der Waals surface area contributed by atoms with Gasteiger partial charge in [0.25, 0.3) is 5.56 Å². The molecule has 1 heterocycles. The van der Waals surface area contributed by atoms with Crippen LogP contribution in [0.5, 0.6) is 0 Å². The van der Waals surface area contributed by atoms with Gasteiger partial charge in [-0.1, -0.05) is 24.2 Å². The first-order valence-corrected chi connectivity index (χ1v) is 13.9. The van der Waals surface area contributed by atoms with Crippen LogP contribution >= 0.6 is 0 Å². The number of amides is 1. The van der Waals surface area contributed by atoms with Crippen molar-refractivity contribution < 1.29 is 14.4 Å². The minimum absolute atomic E-state index is 0.0984. The van der Waals surface area contributed by atoms with Gasteiger partial charge in [-0.25, -0.2) is 4.39 Å². The molecule has 7 heteroatoms. The maximum absolute atomic E-state index is 14.6. The Kier molecular flexibility index (Phi) is 6.20. The van der Waals surface area contributed by atoms with Crippen LogP contribution in [0.3, 0.4) is 0 Å². The molecule has 1 aromatic heterocycles. The van der Waals surface area contributed by atoms with Crippen LogP contribution in [0.25, 0.3) is 0 Å². The van der Waals surface area contributed by atoms with Crippen LogP contribution in [0, 0.1) is 29.0 Å². The van der Waals surface area contributed by atoms with Crippen LogP contribution < -0.4 is 10.9 Å². The molecule has 2 aromatic rings. The molecule has 196 valence electrons. The number of hydrogen-bond donors (Lipinski definition) is 3. The second kappa shape index (κ2) is 9.41. The Morgan fingerprint density at radius 1 is 1.24 bits per heavy atom. The molecule has 2 saturated carbocycles. The monoisotopic (exact) mass is 505 g/mol. The molecule has 0 spiro atoms. The van der Waals surface area contributed by atoms with Crippen LogP contribution in [0.2, 0.25) is 0 Å². The number of oxime groups is 1. The Bertz CT molecular complexity index is 1320. The Balaban J connectivity index is 1.20. The zero-order chi connectivity index (χ0) is 25.7. The predicted octanol–water partition coefficient (Wildman–Crippen LogP) is 5.72. The van der Waals surface area contributed by atoms with Gasteiger partial charge in [-0.3, -0.25) is 9.59 Å². The fourth-order valence-corrected chi connectivity index (χ4v) is 8.37. The van der Waals surface area contributed by atoms with Crippen LogP contribution in [-0.4, -0.2) is 21.8 Å². The fourth-order valence-electron chi connectivity index (χ4n) is 8.37. The Hall–Kier alpha value is -2.96. The number of fused-ring (bicyclic) bond motifs is 6. The average molecular weight is 506 g/mol. The van der Waals surface area contributed by atoms with Crippen LogP contribution in [0.1, 0.15) is 86.6 Å². The van der Waals surface area contributed by atoms with E-state index in [0.29, 0.717) is 36.8 Å². The van der Waals surface area contributed by atoms with Crippen molar-refractivity contribution in [1.82, 2.24) is 4.98 Å². The maximum Gasteiger partial charge on any atom is 0.271 e. The average Bonchev–Trinajstić information content (AvgIpc) is 3.19. The lowest BCUT2D eigenvalue weighted by atomic mass is 9.54. The smallest absolute Gasteiger partial charge is 0.271 e. The Labute approximate surface area is 216 Å². The van der Waals surface area contributed by atoms with Crippen molar-refractivity contribution in [3.8, 4) is 0 Å². The van der Waals surface area contributed by atoms with Gasteiger partial charge < -0.3 is 15.5 Å². The van der Waals surface area contributed by atoms with Crippen molar-refractivity contribution in [2.24, 2.45) is 28.3 Å². The zero-order valence-corrected chi connectivity index (χ0v) is 21.5. The van der Waals surface area contributed by atoms with E-state index in [1.54, 1.807) is 6.07 Å². The number of H-pyrrole nitrogens is 1. The third kappa shape index (κ3) is 4.11. The lowest BCUT2D eigenvalue weighted by Crippen LogP contribution is -2.44. The first kappa shape index (κ1) is 24.4.